The third-order valence-electron chi connectivity index (χ3n) is 2.83. The first-order valence-corrected chi connectivity index (χ1v) is 7.04. The van der Waals surface area contributed by atoms with Crippen LogP contribution in [0.5, 0.6) is 0 Å². The van der Waals surface area contributed by atoms with Gasteiger partial charge in [-0.05, 0) is 0 Å². The number of H-pyrrole nitrogens is 1. The van der Waals surface area contributed by atoms with Crippen molar-refractivity contribution < 1.29 is 9.53 Å². The van der Waals surface area contributed by atoms with Crippen LogP contribution in [0.3, 0.4) is 0 Å². The van der Waals surface area contributed by atoms with Crippen molar-refractivity contribution in [2.75, 3.05) is 19.5 Å². The second-order valence-corrected chi connectivity index (χ2v) is 5.23. The molecule has 0 aromatic carbocycles. The molecule has 0 fully saturated rings. The van der Waals surface area contributed by atoms with Gasteiger partial charge >= 0.3 is 5.69 Å². The molecule has 9 nitrogen and oxygen atoms in total. The fourth-order valence-electron chi connectivity index (χ4n) is 1.85. The normalized spacial score (nSPS) is 11.1. The minimum atomic E-state index is -0.546. The van der Waals surface area contributed by atoms with Gasteiger partial charge in [-0.2, -0.15) is 0 Å². The van der Waals surface area contributed by atoms with Crippen LogP contribution in [0.4, 0.5) is 0 Å². The maximum Gasteiger partial charge on any atom is 0.329 e. The summed E-state index contributed by atoms with van der Waals surface area (Å²) in [6.45, 7) is 0.729. The molecule has 0 radical (unpaired) electrons. The van der Waals surface area contributed by atoms with E-state index in [4.69, 9.17) is 10.5 Å². The highest BCUT2D eigenvalue weighted by Gasteiger charge is 2.17. The molecule has 21 heavy (non-hydrogen) atoms. The Balaban J connectivity index is 2.63. The van der Waals surface area contributed by atoms with Crippen LogP contribution in [0.1, 0.15) is 0 Å². The van der Waals surface area contributed by atoms with Gasteiger partial charge in [0.25, 0.3) is 5.56 Å². The van der Waals surface area contributed by atoms with Gasteiger partial charge in [0.05, 0.1) is 12.4 Å². The molecule has 2 heterocycles. The predicted octanol–water partition coefficient (Wildman–Crippen LogP) is -1.35. The Morgan fingerprint density at radius 1 is 1.48 bits per heavy atom. The number of carbonyl (C=O) groups excluding carboxylic acids is 1. The Morgan fingerprint density at radius 3 is 2.81 bits per heavy atom. The number of nitrogens with zero attached hydrogens (tertiary/aromatic N) is 3. The molecule has 2 rings (SSSR count). The molecule has 0 spiro atoms. The van der Waals surface area contributed by atoms with E-state index in [-0.39, 0.29) is 16.9 Å². The number of ether oxygens (including phenoxy) is 1. The number of amides is 1. The van der Waals surface area contributed by atoms with Crippen LogP contribution >= 0.6 is 11.8 Å². The van der Waals surface area contributed by atoms with E-state index in [1.165, 1.54) is 18.7 Å². The zero-order chi connectivity index (χ0) is 15.6. The van der Waals surface area contributed by atoms with Crippen LogP contribution in [0.25, 0.3) is 11.2 Å². The largest absolute Gasteiger partial charge is 0.383 e. The van der Waals surface area contributed by atoms with Crippen molar-refractivity contribution in [1.82, 2.24) is 19.1 Å². The van der Waals surface area contributed by atoms with Crippen molar-refractivity contribution in [3.8, 4) is 0 Å². The molecule has 1 amide bonds. The lowest BCUT2D eigenvalue weighted by atomic mass is 10.5. The van der Waals surface area contributed by atoms with Crippen molar-refractivity contribution in [2.45, 2.75) is 11.7 Å². The summed E-state index contributed by atoms with van der Waals surface area (Å²) in [7, 11) is 3.05. The van der Waals surface area contributed by atoms with Crippen molar-refractivity contribution in [2.24, 2.45) is 12.8 Å². The summed E-state index contributed by atoms with van der Waals surface area (Å²) in [5, 5.41) is 0.438. The second-order valence-electron chi connectivity index (χ2n) is 4.28. The summed E-state index contributed by atoms with van der Waals surface area (Å²) < 4.78 is 7.87. The second kappa shape index (κ2) is 6.14. The topological polar surface area (TPSA) is 125 Å². The van der Waals surface area contributed by atoms with E-state index in [9.17, 15) is 14.4 Å². The van der Waals surface area contributed by atoms with Gasteiger partial charge in [0.2, 0.25) is 5.91 Å². The number of imidazole rings is 1. The summed E-state index contributed by atoms with van der Waals surface area (Å²) in [4.78, 5) is 41.0. The molecule has 0 aliphatic rings. The number of aryl methyl sites for hydroxylation is 1. The minimum Gasteiger partial charge on any atom is -0.383 e. The SMILES string of the molecule is COCCn1c(SCC(N)=O)nc2c1c(=O)[nH]c(=O)n2C. The first kappa shape index (κ1) is 15.3. The third-order valence-corrected chi connectivity index (χ3v) is 3.83. The fourth-order valence-corrected chi connectivity index (χ4v) is 2.61. The van der Waals surface area contributed by atoms with Crippen LogP contribution in [0.15, 0.2) is 14.7 Å². The first-order valence-electron chi connectivity index (χ1n) is 6.05. The van der Waals surface area contributed by atoms with E-state index >= 15 is 0 Å². The molecule has 3 N–H and O–H groups in total. The van der Waals surface area contributed by atoms with E-state index in [2.05, 4.69) is 9.97 Å². The number of methoxy groups -OCH3 is 1. The van der Waals surface area contributed by atoms with Gasteiger partial charge in [-0.1, -0.05) is 11.8 Å². The minimum absolute atomic E-state index is 0.0299. The molecule has 0 unspecified atom stereocenters. The highest BCUT2D eigenvalue weighted by molar-refractivity contribution is 7.99. The van der Waals surface area contributed by atoms with Crippen LogP contribution in [0, 0.1) is 0 Å². The van der Waals surface area contributed by atoms with Crippen molar-refractivity contribution >= 4 is 28.8 Å². The molecule has 0 saturated carbocycles. The van der Waals surface area contributed by atoms with Gasteiger partial charge in [-0.25, -0.2) is 9.78 Å². The highest BCUT2D eigenvalue weighted by atomic mass is 32.2. The van der Waals surface area contributed by atoms with E-state index in [1.807, 2.05) is 0 Å². The molecule has 0 bridgehead atoms. The van der Waals surface area contributed by atoms with Gasteiger partial charge in [0, 0.05) is 20.7 Å². The molecular formula is C11H15N5O4S. The van der Waals surface area contributed by atoms with Crippen molar-refractivity contribution in [3.63, 3.8) is 0 Å². The fraction of sp³-hybridized carbons (Fsp3) is 0.455. The van der Waals surface area contributed by atoms with E-state index in [1.54, 1.807) is 4.57 Å². The Kier molecular flexibility index (Phi) is 4.48. The Labute approximate surface area is 123 Å². The lowest BCUT2D eigenvalue weighted by molar-refractivity contribution is -0.115. The quantitative estimate of drug-likeness (QED) is 0.635. The van der Waals surface area contributed by atoms with Crippen LogP contribution in [0.2, 0.25) is 0 Å². The van der Waals surface area contributed by atoms with Crippen LogP contribution < -0.4 is 17.0 Å². The Morgan fingerprint density at radius 2 is 2.19 bits per heavy atom. The lowest BCUT2D eigenvalue weighted by Gasteiger charge is -2.06. The van der Waals surface area contributed by atoms with E-state index in [0.29, 0.717) is 18.3 Å². The standard InChI is InChI=1S/C11H15N5O4S/c1-15-8-7(9(18)14-10(15)19)16(3-4-20-2)11(13-8)21-5-6(12)17/h3-5H2,1-2H3,(H2,12,17)(H,14,18,19). The smallest absolute Gasteiger partial charge is 0.329 e. The number of nitrogens with two attached hydrogens (primary N) is 1. The van der Waals surface area contributed by atoms with Crippen LogP contribution in [-0.4, -0.2) is 44.5 Å². The Bertz CT molecular complexity index is 790. The average molecular weight is 313 g/mol. The number of hydrogen-bond donors (Lipinski definition) is 2. The predicted molar refractivity (Wildman–Crippen MR) is 77.4 cm³/mol. The molecule has 0 saturated heterocycles. The highest BCUT2D eigenvalue weighted by Crippen LogP contribution is 2.20. The number of aromatic amines is 1. The number of hydrogen-bond acceptors (Lipinski definition) is 6. The molecular weight excluding hydrogens is 298 g/mol. The van der Waals surface area contributed by atoms with Gasteiger partial charge < -0.3 is 15.0 Å². The summed E-state index contributed by atoms with van der Waals surface area (Å²) in [6.07, 6.45) is 0. The summed E-state index contributed by atoms with van der Waals surface area (Å²) in [5.74, 6) is -0.463. The van der Waals surface area contributed by atoms with Gasteiger partial charge in [0.1, 0.15) is 0 Å². The number of thioether (sulfide) groups is 1. The number of aromatic nitrogens is 4. The molecule has 0 aliphatic heterocycles. The van der Waals surface area contributed by atoms with Gasteiger partial charge in [-0.15, -0.1) is 0 Å². The first-order chi connectivity index (χ1) is 9.95. The monoisotopic (exact) mass is 313 g/mol. The molecule has 10 heteroatoms. The molecule has 2 aromatic rings. The number of carbonyl (C=O) groups is 1. The molecule has 2 aromatic heterocycles. The van der Waals surface area contributed by atoms with Crippen molar-refractivity contribution in [1.29, 1.82) is 0 Å². The maximum absolute atomic E-state index is 12.0. The zero-order valence-electron chi connectivity index (χ0n) is 11.6. The molecule has 0 aliphatic carbocycles. The maximum atomic E-state index is 12.0. The van der Waals surface area contributed by atoms with Gasteiger partial charge in [0.15, 0.2) is 16.3 Å². The third kappa shape index (κ3) is 3.00. The Hall–Kier alpha value is -2.07. The molecule has 0 atom stereocenters. The molecule has 114 valence electrons. The summed E-state index contributed by atoms with van der Waals surface area (Å²) >= 11 is 1.11. The van der Waals surface area contributed by atoms with Crippen molar-refractivity contribution in [3.05, 3.63) is 20.8 Å². The number of rotatable bonds is 6. The van der Waals surface area contributed by atoms with E-state index < -0.39 is 17.2 Å². The zero-order valence-corrected chi connectivity index (χ0v) is 12.4. The average Bonchev–Trinajstić information content (AvgIpc) is 2.79. The number of fused-ring (bicyclic) bond motifs is 1. The van der Waals surface area contributed by atoms with E-state index in [0.717, 1.165) is 11.8 Å². The summed E-state index contributed by atoms with van der Waals surface area (Å²) in [6, 6.07) is 0. The number of primary amides is 1. The lowest BCUT2D eigenvalue weighted by Crippen LogP contribution is -2.29. The number of nitrogens with one attached hydrogen (secondary N) is 1. The van der Waals surface area contributed by atoms with Gasteiger partial charge in [-0.3, -0.25) is 19.1 Å². The van der Waals surface area contributed by atoms with Crippen LogP contribution in [-0.2, 0) is 23.1 Å². The summed E-state index contributed by atoms with van der Waals surface area (Å²) in [5.41, 5.74) is 4.57.